The van der Waals surface area contributed by atoms with Gasteiger partial charge in [-0.05, 0) is 12.1 Å². The summed E-state index contributed by atoms with van der Waals surface area (Å²) in [6, 6.07) is 9.11. The molecule has 18 heavy (non-hydrogen) atoms. The molecule has 1 aromatic heterocycles. The Balaban J connectivity index is 2.04. The van der Waals surface area contributed by atoms with Crippen LogP contribution in [0.2, 0.25) is 0 Å². The maximum Gasteiger partial charge on any atom is 0.243 e. The second kappa shape index (κ2) is 5.77. The molecule has 0 spiro atoms. The molecule has 0 fully saturated rings. The number of carbonyl (C=O) groups is 1. The molecule has 0 unspecified atom stereocenters. The Morgan fingerprint density at radius 1 is 1.17 bits per heavy atom. The summed E-state index contributed by atoms with van der Waals surface area (Å²) in [6.45, 7) is -0.0981. The Kier molecular flexibility index (Phi) is 3.86. The first kappa shape index (κ1) is 12.0. The molecular formula is C13H12N2O3. The number of carbonyl (C=O) groups excluding carboxylic acids is 1. The van der Waals surface area contributed by atoms with Crippen LogP contribution in [-0.4, -0.2) is 29.5 Å². The van der Waals surface area contributed by atoms with Crippen LogP contribution in [0.1, 0.15) is 10.5 Å². The van der Waals surface area contributed by atoms with Crippen LogP contribution in [0.3, 0.4) is 0 Å². The van der Waals surface area contributed by atoms with Crippen LogP contribution in [0, 0.1) is 0 Å². The number of aromatic nitrogens is 2. The SMILES string of the molecule is COc1nccnc1C(=O)COc1ccccc1. The van der Waals surface area contributed by atoms with Crippen LogP contribution >= 0.6 is 0 Å². The molecule has 5 heteroatoms. The van der Waals surface area contributed by atoms with E-state index in [0.717, 1.165) is 0 Å². The van der Waals surface area contributed by atoms with Gasteiger partial charge in [-0.25, -0.2) is 9.97 Å². The first-order valence-corrected chi connectivity index (χ1v) is 5.37. The normalized spacial score (nSPS) is 9.83. The van der Waals surface area contributed by atoms with Gasteiger partial charge in [-0.2, -0.15) is 0 Å². The lowest BCUT2D eigenvalue weighted by molar-refractivity contribution is 0.0912. The molecule has 0 saturated heterocycles. The highest BCUT2D eigenvalue weighted by atomic mass is 16.5. The summed E-state index contributed by atoms with van der Waals surface area (Å²) in [5.41, 5.74) is 0.177. The fraction of sp³-hybridized carbons (Fsp3) is 0.154. The lowest BCUT2D eigenvalue weighted by Gasteiger charge is -2.06. The second-order valence-electron chi connectivity index (χ2n) is 3.44. The third kappa shape index (κ3) is 2.82. The molecule has 0 aliphatic carbocycles. The number of ether oxygens (including phenoxy) is 2. The lowest BCUT2D eigenvalue weighted by Crippen LogP contribution is -2.14. The number of ketones is 1. The van der Waals surface area contributed by atoms with E-state index in [1.807, 2.05) is 18.2 Å². The van der Waals surface area contributed by atoms with Crippen LogP contribution in [0.15, 0.2) is 42.7 Å². The van der Waals surface area contributed by atoms with Gasteiger partial charge in [-0.15, -0.1) is 0 Å². The highest BCUT2D eigenvalue weighted by molar-refractivity contribution is 5.97. The predicted molar refractivity (Wildman–Crippen MR) is 64.9 cm³/mol. The second-order valence-corrected chi connectivity index (χ2v) is 3.44. The van der Waals surface area contributed by atoms with E-state index >= 15 is 0 Å². The van der Waals surface area contributed by atoms with E-state index in [1.165, 1.54) is 19.5 Å². The summed E-state index contributed by atoms with van der Waals surface area (Å²) in [7, 11) is 1.44. The molecule has 2 aromatic rings. The topological polar surface area (TPSA) is 61.3 Å². The number of Topliss-reactive ketones (excluding diaryl/α,β-unsaturated/α-hetero) is 1. The summed E-state index contributed by atoms with van der Waals surface area (Å²) >= 11 is 0. The van der Waals surface area contributed by atoms with Crippen molar-refractivity contribution in [1.82, 2.24) is 9.97 Å². The Bertz CT molecular complexity index is 529. The van der Waals surface area contributed by atoms with Crippen molar-refractivity contribution in [1.29, 1.82) is 0 Å². The molecule has 1 heterocycles. The maximum absolute atomic E-state index is 11.9. The monoisotopic (exact) mass is 244 g/mol. The zero-order valence-electron chi connectivity index (χ0n) is 9.87. The van der Waals surface area contributed by atoms with Gasteiger partial charge in [0.2, 0.25) is 11.7 Å². The fourth-order valence-corrected chi connectivity index (χ4v) is 1.40. The highest BCUT2D eigenvalue weighted by Crippen LogP contribution is 2.13. The van der Waals surface area contributed by atoms with Crippen molar-refractivity contribution in [2.24, 2.45) is 0 Å². The fourth-order valence-electron chi connectivity index (χ4n) is 1.40. The Morgan fingerprint density at radius 2 is 1.89 bits per heavy atom. The standard InChI is InChI=1S/C13H12N2O3/c1-17-13-12(14-7-8-15-13)11(16)9-18-10-5-3-2-4-6-10/h2-8H,9H2,1H3. The Morgan fingerprint density at radius 3 is 2.61 bits per heavy atom. The number of benzene rings is 1. The summed E-state index contributed by atoms with van der Waals surface area (Å²) in [4.78, 5) is 19.7. The first-order valence-electron chi connectivity index (χ1n) is 5.37. The molecular weight excluding hydrogens is 232 g/mol. The molecule has 92 valence electrons. The summed E-state index contributed by atoms with van der Waals surface area (Å²) in [5.74, 6) is 0.566. The maximum atomic E-state index is 11.9. The minimum absolute atomic E-state index is 0.0981. The zero-order chi connectivity index (χ0) is 12.8. The van der Waals surface area contributed by atoms with Gasteiger partial charge in [0.05, 0.1) is 7.11 Å². The van der Waals surface area contributed by atoms with Crippen molar-refractivity contribution >= 4 is 5.78 Å². The minimum Gasteiger partial charge on any atom is -0.485 e. The molecule has 0 radical (unpaired) electrons. The van der Waals surface area contributed by atoms with Crippen LogP contribution in [0.4, 0.5) is 0 Å². The summed E-state index contributed by atoms with van der Waals surface area (Å²) < 4.78 is 10.3. The van der Waals surface area contributed by atoms with E-state index < -0.39 is 0 Å². The highest BCUT2D eigenvalue weighted by Gasteiger charge is 2.15. The van der Waals surface area contributed by atoms with E-state index in [2.05, 4.69) is 9.97 Å². The lowest BCUT2D eigenvalue weighted by atomic mass is 10.3. The van der Waals surface area contributed by atoms with Gasteiger partial charge in [-0.3, -0.25) is 4.79 Å². The largest absolute Gasteiger partial charge is 0.485 e. The van der Waals surface area contributed by atoms with E-state index in [-0.39, 0.29) is 24.0 Å². The Hall–Kier alpha value is -2.43. The van der Waals surface area contributed by atoms with Crippen LogP contribution in [-0.2, 0) is 0 Å². The van der Waals surface area contributed by atoms with Gasteiger partial charge < -0.3 is 9.47 Å². The quantitative estimate of drug-likeness (QED) is 0.750. The van der Waals surface area contributed by atoms with Crippen molar-refractivity contribution in [3.63, 3.8) is 0 Å². The predicted octanol–water partition coefficient (Wildman–Crippen LogP) is 1.75. The van der Waals surface area contributed by atoms with Gasteiger partial charge in [0.25, 0.3) is 0 Å². The molecule has 0 N–H and O–H groups in total. The van der Waals surface area contributed by atoms with Crippen LogP contribution in [0.25, 0.3) is 0 Å². The summed E-state index contributed by atoms with van der Waals surface area (Å²) in [5, 5.41) is 0. The molecule has 0 amide bonds. The average molecular weight is 244 g/mol. The molecule has 2 rings (SSSR count). The minimum atomic E-state index is -0.274. The number of nitrogens with zero attached hydrogens (tertiary/aromatic N) is 2. The summed E-state index contributed by atoms with van der Waals surface area (Å²) in [6.07, 6.45) is 2.91. The van der Waals surface area contributed by atoms with E-state index in [9.17, 15) is 4.79 Å². The number of hydrogen-bond acceptors (Lipinski definition) is 5. The smallest absolute Gasteiger partial charge is 0.243 e. The average Bonchev–Trinajstić information content (AvgIpc) is 2.45. The molecule has 0 saturated carbocycles. The third-order valence-corrected chi connectivity index (χ3v) is 2.24. The van der Waals surface area contributed by atoms with Crippen molar-refractivity contribution in [2.75, 3.05) is 13.7 Å². The molecule has 1 aromatic carbocycles. The van der Waals surface area contributed by atoms with Gasteiger partial charge in [0, 0.05) is 12.4 Å². The van der Waals surface area contributed by atoms with Gasteiger partial charge >= 0.3 is 0 Å². The first-order chi connectivity index (χ1) is 8.81. The third-order valence-electron chi connectivity index (χ3n) is 2.24. The van der Waals surface area contributed by atoms with Crippen molar-refractivity contribution in [2.45, 2.75) is 0 Å². The molecule has 0 atom stereocenters. The number of para-hydroxylation sites is 1. The molecule has 0 bridgehead atoms. The van der Waals surface area contributed by atoms with Gasteiger partial charge in [0.15, 0.2) is 12.3 Å². The van der Waals surface area contributed by atoms with Crippen LogP contribution in [0.5, 0.6) is 11.6 Å². The number of rotatable bonds is 5. The van der Waals surface area contributed by atoms with E-state index in [4.69, 9.17) is 9.47 Å². The van der Waals surface area contributed by atoms with Crippen molar-refractivity contribution in [3.05, 3.63) is 48.4 Å². The Labute approximate surface area is 104 Å². The van der Waals surface area contributed by atoms with Crippen molar-refractivity contribution in [3.8, 4) is 11.6 Å². The molecule has 0 aliphatic heterocycles. The molecule has 0 aliphatic rings. The van der Waals surface area contributed by atoms with Crippen LogP contribution < -0.4 is 9.47 Å². The van der Waals surface area contributed by atoms with E-state index in [1.54, 1.807) is 12.1 Å². The number of hydrogen-bond donors (Lipinski definition) is 0. The van der Waals surface area contributed by atoms with E-state index in [0.29, 0.717) is 5.75 Å². The number of methoxy groups -OCH3 is 1. The zero-order valence-corrected chi connectivity index (χ0v) is 9.87. The van der Waals surface area contributed by atoms with Crippen molar-refractivity contribution < 1.29 is 14.3 Å². The molecule has 5 nitrogen and oxygen atoms in total. The van der Waals surface area contributed by atoms with Gasteiger partial charge in [0.1, 0.15) is 5.75 Å². The van der Waals surface area contributed by atoms with Gasteiger partial charge in [-0.1, -0.05) is 18.2 Å².